The van der Waals surface area contributed by atoms with Crippen LogP contribution in [0, 0.1) is 0 Å². The van der Waals surface area contributed by atoms with E-state index in [1.54, 1.807) is 72.7 Å². The summed E-state index contributed by atoms with van der Waals surface area (Å²) >= 11 is 18.2. The molecule has 0 unspecified atom stereocenters. The Morgan fingerprint density at radius 2 is 1.71 bits per heavy atom. The topological polar surface area (TPSA) is 71.1 Å². The Hall–Kier alpha value is -3.33. The molecule has 1 aliphatic heterocycles. The first kappa shape index (κ1) is 27.7. The highest BCUT2D eigenvalue weighted by molar-refractivity contribution is 7.80. The van der Waals surface area contributed by atoms with Gasteiger partial charge in [-0.15, -0.1) is 0 Å². The van der Waals surface area contributed by atoms with E-state index >= 15 is 0 Å². The van der Waals surface area contributed by atoms with Crippen molar-refractivity contribution in [3.63, 3.8) is 0 Å². The third kappa shape index (κ3) is 6.38. The van der Waals surface area contributed by atoms with E-state index in [4.69, 9.17) is 44.9 Å². The van der Waals surface area contributed by atoms with Crippen molar-refractivity contribution in [3.05, 3.63) is 82.3 Å². The van der Waals surface area contributed by atoms with Gasteiger partial charge in [0.1, 0.15) is 17.5 Å². The molecular formula is C28H27Cl2N3O4S. The van der Waals surface area contributed by atoms with Gasteiger partial charge in [0, 0.05) is 22.3 Å². The number of carbonyl (C=O) groups is 2. The zero-order valence-corrected chi connectivity index (χ0v) is 23.3. The minimum atomic E-state index is -0.779. The van der Waals surface area contributed by atoms with E-state index in [1.807, 2.05) is 13.0 Å². The van der Waals surface area contributed by atoms with E-state index in [0.717, 1.165) is 5.56 Å². The largest absolute Gasteiger partial charge is 0.497 e. The maximum atomic E-state index is 13.7. The molecule has 0 radical (unpaired) electrons. The van der Waals surface area contributed by atoms with Crippen LogP contribution in [0.1, 0.15) is 18.9 Å². The number of ether oxygens (including phenoxy) is 2. The lowest BCUT2D eigenvalue weighted by Gasteiger charge is -2.24. The number of hydrogen-bond donors (Lipinski definition) is 1. The number of benzene rings is 3. The molecule has 0 saturated carbocycles. The molecule has 1 fully saturated rings. The fourth-order valence-corrected chi connectivity index (χ4v) is 5.13. The summed E-state index contributed by atoms with van der Waals surface area (Å²) in [6, 6.07) is 18.6. The SMILES string of the molecule is CCOc1ccc(N2C(=O)[C@H](CC(=O)Nc3ccc(OC)cc3)N(CCc3ccc(Cl)cc3Cl)C2=S)cc1. The van der Waals surface area contributed by atoms with Gasteiger partial charge in [-0.2, -0.15) is 0 Å². The van der Waals surface area contributed by atoms with Crippen LogP contribution in [0.3, 0.4) is 0 Å². The van der Waals surface area contributed by atoms with Crippen molar-refractivity contribution in [2.45, 2.75) is 25.8 Å². The molecule has 1 aliphatic rings. The molecule has 0 aromatic heterocycles. The predicted octanol–water partition coefficient (Wildman–Crippen LogP) is 5.97. The van der Waals surface area contributed by atoms with Crippen molar-refractivity contribution in [1.82, 2.24) is 4.90 Å². The number of nitrogens with one attached hydrogen (secondary N) is 1. The fourth-order valence-electron chi connectivity index (χ4n) is 4.21. The summed E-state index contributed by atoms with van der Waals surface area (Å²) in [5.74, 6) is 0.793. The number of carbonyl (C=O) groups excluding carboxylic acids is 2. The minimum absolute atomic E-state index is 0.0765. The molecule has 3 aromatic rings. The number of nitrogens with zero attached hydrogens (tertiary/aromatic N) is 2. The van der Waals surface area contributed by atoms with Gasteiger partial charge in [-0.25, -0.2) is 0 Å². The van der Waals surface area contributed by atoms with Gasteiger partial charge in [0.15, 0.2) is 5.11 Å². The number of amides is 2. The minimum Gasteiger partial charge on any atom is -0.497 e. The zero-order chi connectivity index (χ0) is 27.2. The maximum absolute atomic E-state index is 13.7. The number of hydrogen-bond acceptors (Lipinski definition) is 5. The second-order valence-corrected chi connectivity index (χ2v) is 9.77. The first-order valence-electron chi connectivity index (χ1n) is 12.1. The number of halogens is 2. The molecular weight excluding hydrogens is 545 g/mol. The number of thiocarbonyl (C=S) groups is 1. The predicted molar refractivity (Wildman–Crippen MR) is 155 cm³/mol. The first-order valence-corrected chi connectivity index (χ1v) is 13.2. The summed E-state index contributed by atoms with van der Waals surface area (Å²) < 4.78 is 10.7. The Labute approximate surface area is 237 Å². The van der Waals surface area contributed by atoms with Crippen LogP contribution in [0.2, 0.25) is 10.0 Å². The van der Waals surface area contributed by atoms with Crippen molar-refractivity contribution in [3.8, 4) is 11.5 Å². The molecule has 198 valence electrons. The number of rotatable bonds is 10. The van der Waals surface area contributed by atoms with E-state index in [2.05, 4.69) is 5.32 Å². The molecule has 1 N–H and O–H groups in total. The molecule has 1 atom stereocenters. The second-order valence-electron chi connectivity index (χ2n) is 8.56. The molecule has 4 rings (SSSR count). The summed E-state index contributed by atoms with van der Waals surface area (Å²) in [6.07, 6.45) is 0.435. The summed E-state index contributed by atoms with van der Waals surface area (Å²) in [4.78, 5) is 29.9. The Kier molecular flexibility index (Phi) is 9.09. The molecule has 3 aromatic carbocycles. The van der Waals surface area contributed by atoms with Gasteiger partial charge >= 0.3 is 0 Å². The highest BCUT2D eigenvalue weighted by atomic mass is 35.5. The summed E-state index contributed by atoms with van der Waals surface area (Å²) in [5, 5.41) is 4.25. The van der Waals surface area contributed by atoms with Crippen molar-refractivity contribution in [2.24, 2.45) is 0 Å². The lowest BCUT2D eigenvalue weighted by Crippen LogP contribution is -2.39. The Balaban J connectivity index is 1.55. The molecule has 10 heteroatoms. The average Bonchev–Trinajstić information content (AvgIpc) is 3.13. The van der Waals surface area contributed by atoms with E-state index in [0.29, 0.717) is 57.6 Å². The molecule has 0 aliphatic carbocycles. The normalized spacial score (nSPS) is 15.1. The summed E-state index contributed by atoms with van der Waals surface area (Å²) in [5.41, 5.74) is 2.08. The third-order valence-electron chi connectivity index (χ3n) is 6.11. The van der Waals surface area contributed by atoms with Crippen LogP contribution < -0.4 is 19.7 Å². The van der Waals surface area contributed by atoms with Crippen LogP contribution in [0.15, 0.2) is 66.7 Å². The second kappa shape index (κ2) is 12.5. The van der Waals surface area contributed by atoms with Crippen molar-refractivity contribution in [1.29, 1.82) is 0 Å². The fraction of sp³-hybridized carbons (Fsp3) is 0.250. The van der Waals surface area contributed by atoms with E-state index < -0.39 is 6.04 Å². The molecule has 2 amide bonds. The molecule has 1 saturated heterocycles. The Morgan fingerprint density at radius 3 is 2.34 bits per heavy atom. The summed E-state index contributed by atoms with van der Waals surface area (Å²) in [7, 11) is 1.57. The average molecular weight is 573 g/mol. The van der Waals surface area contributed by atoms with Crippen LogP contribution in [-0.4, -0.2) is 48.1 Å². The van der Waals surface area contributed by atoms with Gasteiger partial charge in [0.2, 0.25) is 5.91 Å². The standard InChI is InChI=1S/C28H27Cl2N3O4S/c1-3-37-23-12-8-21(9-13-23)33-27(35)25(17-26(34)31-20-6-10-22(36-2)11-7-20)32(28(33)38)15-14-18-4-5-19(29)16-24(18)30/h4-13,16,25H,3,14-15,17H2,1-2H3,(H,31,34)/t25-/m0/s1. The van der Waals surface area contributed by atoms with Crippen LogP contribution in [0.5, 0.6) is 11.5 Å². The molecule has 38 heavy (non-hydrogen) atoms. The first-order chi connectivity index (χ1) is 18.3. The van der Waals surface area contributed by atoms with Gasteiger partial charge in [-0.1, -0.05) is 29.3 Å². The molecule has 0 bridgehead atoms. The Bertz CT molecular complexity index is 1320. The van der Waals surface area contributed by atoms with Gasteiger partial charge in [0.05, 0.1) is 25.8 Å². The monoisotopic (exact) mass is 571 g/mol. The lowest BCUT2D eigenvalue weighted by atomic mass is 10.1. The van der Waals surface area contributed by atoms with Crippen LogP contribution in [-0.2, 0) is 16.0 Å². The van der Waals surface area contributed by atoms with Crippen molar-refractivity contribution >= 4 is 63.7 Å². The van der Waals surface area contributed by atoms with Crippen LogP contribution in [0.25, 0.3) is 0 Å². The molecule has 0 spiro atoms. The summed E-state index contributed by atoms with van der Waals surface area (Å²) in [6.45, 7) is 2.83. The highest BCUT2D eigenvalue weighted by Crippen LogP contribution is 2.30. The highest BCUT2D eigenvalue weighted by Gasteiger charge is 2.44. The molecule has 1 heterocycles. The number of methoxy groups -OCH3 is 1. The molecule has 7 nitrogen and oxygen atoms in total. The Morgan fingerprint density at radius 1 is 1.03 bits per heavy atom. The third-order valence-corrected chi connectivity index (χ3v) is 7.12. The van der Waals surface area contributed by atoms with Gasteiger partial charge in [-0.05, 0) is 91.8 Å². The van der Waals surface area contributed by atoms with Gasteiger partial charge in [-0.3, -0.25) is 14.5 Å². The maximum Gasteiger partial charge on any atom is 0.256 e. The zero-order valence-electron chi connectivity index (χ0n) is 20.9. The van der Waals surface area contributed by atoms with Crippen molar-refractivity contribution < 1.29 is 19.1 Å². The van der Waals surface area contributed by atoms with E-state index in [-0.39, 0.29) is 18.2 Å². The van der Waals surface area contributed by atoms with Gasteiger partial charge in [0.25, 0.3) is 5.91 Å². The van der Waals surface area contributed by atoms with Crippen molar-refractivity contribution in [2.75, 3.05) is 30.5 Å². The van der Waals surface area contributed by atoms with Crippen LogP contribution >= 0.6 is 35.4 Å². The smallest absolute Gasteiger partial charge is 0.256 e. The number of anilines is 2. The van der Waals surface area contributed by atoms with E-state index in [1.165, 1.54) is 4.90 Å². The van der Waals surface area contributed by atoms with Gasteiger partial charge < -0.3 is 19.7 Å². The quantitative estimate of drug-likeness (QED) is 0.302. The lowest BCUT2D eigenvalue weighted by molar-refractivity contribution is -0.124. The van der Waals surface area contributed by atoms with Crippen LogP contribution in [0.4, 0.5) is 11.4 Å². The van der Waals surface area contributed by atoms with E-state index in [9.17, 15) is 9.59 Å².